The molecule has 1 unspecified atom stereocenters. The molecule has 0 aliphatic rings. The van der Waals surface area contributed by atoms with Gasteiger partial charge in [-0.3, -0.25) is 13.8 Å². The van der Waals surface area contributed by atoms with Crippen LogP contribution in [-0.4, -0.2) is 36.5 Å². The molecule has 138 valence electrons. The van der Waals surface area contributed by atoms with E-state index in [-0.39, 0.29) is 17.0 Å². The number of methoxy groups -OCH3 is 2. The van der Waals surface area contributed by atoms with Gasteiger partial charge >= 0.3 is 0 Å². The zero-order valence-electron chi connectivity index (χ0n) is 14.7. The second kappa shape index (κ2) is 8.48. The van der Waals surface area contributed by atoms with E-state index in [1.165, 1.54) is 26.5 Å². The SMILES string of the molecule is COc1ccc(C(=O)Nc2cccc(CS(C)=O)c2C(N)=O)cc1OC. The third kappa shape index (κ3) is 4.40. The quantitative estimate of drug-likeness (QED) is 0.768. The van der Waals surface area contributed by atoms with Crippen molar-refractivity contribution in [3.63, 3.8) is 0 Å². The first-order valence-electron chi connectivity index (χ1n) is 7.62. The zero-order chi connectivity index (χ0) is 19.3. The predicted molar refractivity (Wildman–Crippen MR) is 100 cm³/mol. The van der Waals surface area contributed by atoms with Gasteiger partial charge in [0.15, 0.2) is 11.5 Å². The first-order chi connectivity index (χ1) is 12.4. The molecule has 0 spiro atoms. The molecular formula is C18H20N2O5S. The number of hydrogen-bond donors (Lipinski definition) is 2. The van der Waals surface area contributed by atoms with Gasteiger partial charge in [0.05, 0.1) is 25.5 Å². The van der Waals surface area contributed by atoms with Gasteiger partial charge in [-0.1, -0.05) is 12.1 Å². The standard InChI is InChI=1S/C18H20N2O5S/c1-24-14-8-7-11(9-15(14)25-2)18(22)20-13-6-4-5-12(10-26(3)23)16(13)17(19)21/h4-9H,10H2,1-3H3,(H2,19,21)(H,20,22). The minimum Gasteiger partial charge on any atom is -0.493 e. The Labute approximate surface area is 153 Å². The van der Waals surface area contributed by atoms with Crippen LogP contribution in [0, 0.1) is 0 Å². The lowest BCUT2D eigenvalue weighted by molar-refractivity contribution is 0.100. The summed E-state index contributed by atoms with van der Waals surface area (Å²) in [5, 5.41) is 2.68. The first-order valence-corrected chi connectivity index (χ1v) is 9.35. The molecule has 0 radical (unpaired) electrons. The number of nitrogens with two attached hydrogens (primary N) is 1. The minimum atomic E-state index is -1.16. The lowest BCUT2D eigenvalue weighted by Gasteiger charge is -2.14. The van der Waals surface area contributed by atoms with E-state index in [4.69, 9.17) is 15.2 Å². The van der Waals surface area contributed by atoms with Gasteiger partial charge in [-0.05, 0) is 29.8 Å². The number of ether oxygens (including phenoxy) is 2. The number of nitrogens with one attached hydrogen (secondary N) is 1. The van der Waals surface area contributed by atoms with Gasteiger partial charge in [-0.2, -0.15) is 0 Å². The molecule has 2 amide bonds. The topological polar surface area (TPSA) is 108 Å². The van der Waals surface area contributed by atoms with Crippen LogP contribution >= 0.6 is 0 Å². The summed E-state index contributed by atoms with van der Waals surface area (Å²) in [5.41, 5.74) is 6.72. The van der Waals surface area contributed by atoms with Crippen LogP contribution in [-0.2, 0) is 16.6 Å². The molecule has 3 N–H and O–H groups in total. The second-order valence-electron chi connectivity index (χ2n) is 5.45. The third-order valence-electron chi connectivity index (χ3n) is 3.65. The average Bonchev–Trinajstić information content (AvgIpc) is 2.60. The van der Waals surface area contributed by atoms with Crippen LogP contribution < -0.4 is 20.5 Å². The Morgan fingerprint density at radius 1 is 1.12 bits per heavy atom. The number of carbonyl (C=O) groups is 2. The second-order valence-corrected chi connectivity index (χ2v) is 6.88. The van der Waals surface area contributed by atoms with E-state index in [0.29, 0.717) is 22.6 Å². The van der Waals surface area contributed by atoms with E-state index in [1.807, 2.05) is 0 Å². The van der Waals surface area contributed by atoms with Crippen molar-refractivity contribution in [1.82, 2.24) is 0 Å². The molecule has 2 rings (SSSR count). The maximum Gasteiger partial charge on any atom is 0.255 e. The molecule has 2 aromatic rings. The predicted octanol–water partition coefficient (Wildman–Crippen LogP) is 1.93. The molecule has 0 aliphatic heterocycles. The van der Waals surface area contributed by atoms with E-state index in [1.54, 1.807) is 30.3 Å². The van der Waals surface area contributed by atoms with Gasteiger partial charge in [0, 0.05) is 28.4 Å². The molecule has 8 heteroatoms. The third-order valence-corrected chi connectivity index (χ3v) is 4.37. The van der Waals surface area contributed by atoms with Crippen LogP contribution in [0.4, 0.5) is 5.69 Å². The number of benzene rings is 2. The van der Waals surface area contributed by atoms with Crippen LogP contribution in [0.1, 0.15) is 26.3 Å². The highest BCUT2D eigenvalue weighted by Crippen LogP contribution is 2.28. The number of amides is 2. The molecule has 0 aliphatic carbocycles. The van der Waals surface area contributed by atoms with Crippen LogP contribution in [0.2, 0.25) is 0 Å². The van der Waals surface area contributed by atoms with Crippen molar-refractivity contribution >= 4 is 28.3 Å². The molecule has 1 atom stereocenters. The average molecular weight is 376 g/mol. The first kappa shape index (κ1) is 19.5. The van der Waals surface area contributed by atoms with Crippen molar-refractivity contribution in [3.05, 3.63) is 53.1 Å². The summed E-state index contributed by atoms with van der Waals surface area (Å²) in [5.74, 6) is -0.0742. The van der Waals surface area contributed by atoms with Crippen LogP contribution in [0.15, 0.2) is 36.4 Å². The van der Waals surface area contributed by atoms with Crippen LogP contribution in [0.3, 0.4) is 0 Å². The largest absolute Gasteiger partial charge is 0.493 e. The van der Waals surface area contributed by atoms with Gasteiger partial charge in [0.25, 0.3) is 11.8 Å². The molecule has 0 saturated heterocycles. The summed E-state index contributed by atoms with van der Waals surface area (Å²) in [7, 11) is 1.81. The Bertz CT molecular complexity index is 867. The monoisotopic (exact) mass is 376 g/mol. The van der Waals surface area contributed by atoms with E-state index in [2.05, 4.69) is 5.32 Å². The summed E-state index contributed by atoms with van der Waals surface area (Å²) in [6.07, 6.45) is 1.53. The van der Waals surface area contributed by atoms with Gasteiger partial charge < -0.3 is 20.5 Å². The summed E-state index contributed by atoms with van der Waals surface area (Å²) < 4.78 is 21.9. The summed E-state index contributed by atoms with van der Waals surface area (Å²) in [6, 6.07) is 9.61. The van der Waals surface area contributed by atoms with Crippen molar-refractivity contribution < 1.29 is 23.3 Å². The Morgan fingerprint density at radius 3 is 2.38 bits per heavy atom. The number of anilines is 1. The molecule has 7 nitrogen and oxygen atoms in total. The van der Waals surface area contributed by atoms with Crippen molar-refractivity contribution in [1.29, 1.82) is 0 Å². The Morgan fingerprint density at radius 2 is 1.81 bits per heavy atom. The summed E-state index contributed by atoms with van der Waals surface area (Å²) >= 11 is 0. The Kier molecular flexibility index (Phi) is 6.35. The van der Waals surface area contributed by atoms with Crippen molar-refractivity contribution in [2.45, 2.75) is 5.75 Å². The fourth-order valence-electron chi connectivity index (χ4n) is 2.51. The van der Waals surface area contributed by atoms with E-state index in [9.17, 15) is 13.8 Å². The maximum atomic E-state index is 12.6. The number of rotatable bonds is 7. The maximum absolute atomic E-state index is 12.6. The van der Waals surface area contributed by atoms with Crippen molar-refractivity contribution in [2.75, 3.05) is 25.8 Å². The Hall–Kier alpha value is -2.87. The highest BCUT2D eigenvalue weighted by atomic mass is 32.2. The van der Waals surface area contributed by atoms with Gasteiger partial charge in [-0.15, -0.1) is 0 Å². The molecule has 0 bridgehead atoms. The van der Waals surface area contributed by atoms with Crippen molar-refractivity contribution in [2.24, 2.45) is 5.73 Å². The molecule has 0 aromatic heterocycles. The Balaban J connectivity index is 2.37. The molecule has 2 aromatic carbocycles. The molecular weight excluding hydrogens is 356 g/mol. The van der Waals surface area contributed by atoms with Gasteiger partial charge in [0.2, 0.25) is 0 Å². The lowest BCUT2D eigenvalue weighted by Crippen LogP contribution is -2.20. The van der Waals surface area contributed by atoms with Crippen LogP contribution in [0.5, 0.6) is 11.5 Å². The van der Waals surface area contributed by atoms with Crippen LogP contribution in [0.25, 0.3) is 0 Å². The highest BCUT2D eigenvalue weighted by molar-refractivity contribution is 7.83. The molecule has 0 fully saturated rings. The number of carbonyl (C=O) groups excluding carboxylic acids is 2. The minimum absolute atomic E-state index is 0.150. The van der Waals surface area contributed by atoms with Crippen molar-refractivity contribution in [3.8, 4) is 11.5 Å². The number of primary amides is 1. The number of hydrogen-bond acceptors (Lipinski definition) is 5. The van der Waals surface area contributed by atoms with E-state index in [0.717, 1.165) is 0 Å². The van der Waals surface area contributed by atoms with Gasteiger partial charge in [-0.25, -0.2) is 0 Å². The smallest absolute Gasteiger partial charge is 0.255 e. The lowest BCUT2D eigenvalue weighted by atomic mass is 10.1. The molecule has 0 saturated carbocycles. The molecule has 0 heterocycles. The summed E-state index contributed by atoms with van der Waals surface area (Å²) in [6.45, 7) is 0. The van der Waals surface area contributed by atoms with E-state index < -0.39 is 22.6 Å². The fraction of sp³-hybridized carbons (Fsp3) is 0.222. The highest BCUT2D eigenvalue weighted by Gasteiger charge is 2.18. The molecule has 26 heavy (non-hydrogen) atoms. The van der Waals surface area contributed by atoms with Gasteiger partial charge in [0.1, 0.15) is 0 Å². The zero-order valence-corrected chi connectivity index (χ0v) is 15.5. The summed E-state index contributed by atoms with van der Waals surface area (Å²) in [4.78, 5) is 24.4. The fourth-order valence-corrected chi connectivity index (χ4v) is 3.19. The normalized spacial score (nSPS) is 11.5. The van der Waals surface area contributed by atoms with E-state index >= 15 is 0 Å².